The van der Waals surface area contributed by atoms with E-state index in [4.69, 9.17) is 13.3 Å². The topological polar surface area (TPSA) is 27.7 Å². The Bertz CT molecular complexity index is 658. The van der Waals surface area contributed by atoms with Crippen molar-refractivity contribution in [1.29, 1.82) is 0 Å². The monoisotopic (exact) mass is 370 g/mol. The molecule has 0 heterocycles. The van der Waals surface area contributed by atoms with Crippen LogP contribution in [0.3, 0.4) is 0 Å². The van der Waals surface area contributed by atoms with E-state index in [1.807, 2.05) is 0 Å². The van der Waals surface area contributed by atoms with Gasteiger partial charge < -0.3 is 13.3 Å². The van der Waals surface area contributed by atoms with Crippen molar-refractivity contribution in [2.24, 2.45) is 0 Å². The minimum absolute atomic E-state index is 0.549. The molecular weight excluding hydrogens is 340 g/mol. The van der Waals surface area contributed by atoms with Gasteiger partial charge in [0, 0.05) is 33.3 Å². The lowest BCUT2D eigenvalue weighted by Crippen LogP contribution is -2.42. The second kappa shape index (κ2) is 8.96. The first-order valence-corrected chi connectivity index (χ1v) is 11.5. The van der Waals surface area contributed by atoms with Gasteiger partial charge in [0.15, 0.2) is 0 Å². The Labute approximate surface area is 158 Å². The minimum atomic E-state index is -2.40. The third-order valence-electron chi connectivity index (χ3n) is 5.62. The molecule has 0 aromatic heterocycles. The summed E-state index contributed by atoms with van der Waals surface area (Å²) in [5.74, 6) is 0.549. The van der Waals surface area contributed by atoms with Crippen molar-refractivity contribution < 1.29 is 13.3 Å². The molecule has 0 bridgehead atoms. The summed E-state index contributed by atoms with van der Waals surface area (Å²) in [4.78, 5) is 0. The quantitative estimate of drug-likeness (QED) is 0.401. The molecule has 0 saturated heterocycles. The van der Waals surface area contributed by atoms with Crippen LogP contribution in [0.15, 0.2) is 48.5 Å². The Balaban J connectivity index is 1.52. The smallest absolute Gasteiger partial charge is 0.377 e. The first-order valence-electron chi connectivity index (χ1n) is 9.58. The highest BCUT2D eigenvalue weighted by molar-refractivity contribution is 6.60. The summed E-state index contributed by atoms with van der Waals surface area (Å²) < 4.78 is 16.5. The first kappa shape index (κ1) is 19.3. The number of hydrogen-bond acceptors (Lipinski definition) is 3. The zero-order valence-corrected chi connectivity index (χ0v) is 17.2. The van der Waals surface area contributed by atoms with Crippen LogP contribution in [-0.4, -0.2) is 30.1 Å². The van der Waals surface area contributed by atoms with Crippen LogP contribution < -0.4 is 0 Å². The molecule has 0 atom stereocenters. The van der Waals surface area contributed by atoms with Crippen molar-refractivity contribution in [2.75, 3.05) is 21.3 Å². The summed E-state index contributed by atoms with van der Waals surface area (Å²) >= 11 is 0. The van der Waals surface area contributed by atoms with Gasteiger partial charge >= 0.3 is 8.80 Å². The molecule has 0 aliphatic heterocycles. The maximum Gasteiger partial charge on any atom is 0.500 e. The van der Waals surface area contributed by atoms with Crippen molar-refractivity contribution in [3.63, 3.8) is 0 Å². The molecule has 0 amide bonds. The molecule has 1 aliphatic rings. The lowest BCUT2D eigenvalue weighted by Gasteiger charge is -2.24. The minimum Gasteiger partial charge on any atom is -0.377 e. The fourth-order valence-electron chi connectivity index (χ4n) is 4.17. The van der Waals surface area contributed by atoms with Crippen LogP contribution in [-0.2, 0) is 13.3 Å². The van der Waals surface area contributed by atoms with Gasteiger partial charge in [0.2, 0.25) is 0 Å². The molecule has 0 N–H and O–H groups in total. The molecule has 0 fully saturated rings. The van der Waals surface area contributed by atoms with Gasteiger partial charge in [-0.25, -0.2) is 0 Å². The van der Waals surface area contributed by atoms with Crippen molar-refractivity contribution in [1.82, 2.24) is 0 Å². The van der Waals surface area contributed by atoms with E-state index in [2.05, 4.69) is 48.5 Å². The summed E-state index contributed by atoms with van der Waals surface area (Å²) in [5.41, 5.74) is 5.84. The van der Waals surface area contributed by atoms with Gasteiger partial charge in [-0.3, -0.25) is 0 Å². The average molecular weight is 371 g/mol. The lowest BCUT2D eigenvalue weighted by molar-refractivity contribution is 0.122. The predicted molar refractivity (Wildman–Crippen MR) is 108 cm³/mol. The predicted octanol–water partition coefficient (Wildman–Crippen LogP) is 5.63. The summed E-state index contributed by atoms with van der Waals surface area (Å²) in [6, 6.07) is 18.7. The van der Waals surface area contributed by atoms with E-state index in [9.17, 15) is 0 Å². The van der Waals surface area contributed by atoms with E-state index in [0.29, 0.717) is 5.92 Å². The van der Waals surface area contributed by atoms with Gasteiger partial charge in [0.05, 0.1) is 0 Å². The summed E-state index contributed by atoms with van der Waals surface area (Å²) in [5, 5.41) is 0. The fourth-order valence-corrected chi connectivity index (χ4v) is 5.97. The largest absolute Gasteiger partial charge is 0.500 e. The molecule has 2 aromatic carbocycles. The van der Waals surface area contributed by atoms with Crippen LogP contribution in [0.25, 0.3) is 11.1 Å². The van der Waals surface area contributed by atoms with Crippen LogP contribution in [0.5, 0.6) is 0 Å². The number of rotatable bonds is 10. The number of hydrogen-bond donors (Lipinski definition) is 0. The Morgan fingerprint density at radius 2 is 1.19 bits per heavy atom. The fraction of sp³-hybridized carbons (Fsp3) is 0.455. The maximum atomic E-state index is 5.50. The molecule has 0 saturated carbocycles. The van der Waals surface area contributed by atoms with E-state index in [-0.39, 0.29) is 0 Å². The lowest BCUT2D eigenvalue weighted by atomic mass is 9.91. The molecule has 140 valence electrons. The Morgan fingerprint density at radius 3 is 1.73 bits per heavy atom. The SMILES string of the molecule is CO[Si](CCCCCCC1c2ccccc2-c2ccccc21)(OC)OC. The molecule has 1 aliphatic carbocycles. The number of fused-ring (bicyclic) bond motifs is 3. The summed E-state index contributed by atoms with van der Waals surface area (Å²) in [7, 11) is 2.67. The molecule has 0 spiro atoms. The van der Waals surface area contributed by atoms with Gasteiger partial charge in [0.1, 0.15) is 0 Å². The van der Waals surface area contributed by atoms with Gasteiger partial charge in [-0.2, -0.15) is 0 Å². The summed E-state index contributed by atoms with van der Waals surface area (Å²) in [6.45, 7) is 0. The Morgan fingerprint density at radius 1 is 0.692 bits per heavy atom. The van der Waals surface area contributed by atoms with Gasteiger partial charge in [-0.05, 0) is 35.1 Å². The van der Waals surface area contributed by atoms with Crippen LogP contribution in [0.4, 0.5) is 0 Å². The van der Waals surface area contributed by atoms with E-state index in [0.717, 1.165) is 12.5 Å². The van der Waals surface area contributed by atoms with Crippen molar-refractivity contribution >= 4 is 8.80 Å². The second-order valence-electron chi connectivity index (χ2n) is 6.98. The second-order valence-corrected chi connectivity index (χ2v) is 10.1. The van der Waals surface area contributed by atoms with Crippen LogP contribution in [0, 0.1) is 0 Å². The van der Waals surface area contributed by atoms with Gasteiger partial charge in [0.25, 0.3) is 0 Å². The highest BCUT2D eigenvalue weighted by Gasteiger charge is 2.36. The van der Waals surface area contributed by atoms with Crippen molar-refractivity contribution in [2.45, 2.75) is 44.1 Å². The van der Waals surface area contributed by atoms with Crippen LogP contribution in [0.1, 0.15) is 49.1 Å². The normalized spacial score (nSPS) is 13.7. The van der Waals surface area contributed by atoms with Crippen LogP contribution in [0.2, 0.25) is 6.04 Å². The molecule has 0 radical (unpaired) electrons. The Kier molecular flexibility index (Phi) is 6.65. The Hall–Kier alpha value is -1.46. The maximum absolute atomic E-state index is 5.50. The molecule has 26 heavy (non-hydrogen) atoms. The molecule has 2 aromatic rings. The van der Waals surface area contributed by atoms with E-state index < -0.39 is 8.80 Å². The van der Waals surface area contributed by atoms with Crippen molar-refractivity contribution in [3.05, 3.63) is 59.7 Å². The standard InChI is InChI=1S/C22H30O3Si/c1-23-26(24-2,25-3)17-11-5-4-6-12-18-19-13-7-9-15-21(19)22-16-10-8-14-20(18)22/h7-10,13-16,18H,4-6,11-12,17H2,1-3H3. The van der Waals surface area contributed by atoms with E-state index >= 15 is 0 Å². The molecule has 4 heteroatoms. The zero-order valence-electron chi connectivity index (χ0n) is 16.2. The molecular formula is C22H30O3Si. The zero-order chi connectivity index (χ0) is 18.4. The first-order chi connectivity index (χ1) is 12.7. The van der Waals surface area contributed by atoms with Gasteiger partial charge in [-0.15, -0.1) is 0 Å². The molecule has 3 rings (SSSR count). The molecule has 0 unspecified atom stereocenters. The van der Waals surface area contributed by atoms with Gasteiger partial charge in [-0.1, -0.05) is 67.8 Å². The van der Waals surface area contributed by atoms with Crippen LogP contribution >= 0.6 is 0 Å². The third kappa shape index (κ3) is 3.94. The highest BCUT2D eigenvalue weighted by Crippen LogP contribution is 2.46. The summed E-state index contributed by atoms with van der Waals surface area (Å²) in [6.07, 6.45) is 5.99. The molecule has 3 nitrogen and oxygen atoms in total. The third-order valence-corrected chi connectivity index (χ3v) is 8.45. The highest BCUT2D eigenvalue weighted by atomic mass is 28.4. The van der Waals surface area contributed by atoms with E-state index in [1.54, 1.807) is 21.3 Å². The van der Waals surface area contributed by atoms with E-state index in [1.165, 1.54) is 47.9 Å². The number of benzene rings is 2. The van der Waals surface area contributed by atoms with Crippen molar-refractivity contribution in [3.8, 4) is 11.1 Å². The number of unbranched alkanes of at least 4 members (excludes halogenated alkanes) is 3. The average Bonchev–Trinajstić information content (AvgIpc) is 3.02.